The molecule has 0 aromatic heterocycles. The number of hydrogen-bond acceptors (Lipinski definition) is 2. The molecule has 0 rings (SSSR count). The summed E-state index contributed by atoms with van der Waals surface area (Å²) in [5, 5.41) is 0.742. The predicted octanol–water partition coefficient (Wildman–Crippen LogP) is 1.54. The average molecular weight is 194 g/mol. The van der Waals surface area contributed by atoms with Gasteiger partial charge in [0, 0.05) is 11.8 Å². The molecule has 0 aliphatic carbocycles. The van der Waals surface area contributed by atoms with Gasteiger partial charge in [0.1, 0.15) is 0 Å². The van der Waals surface area contributed by atoms with Crippen LogP contribution in [0.25, 0.3) is 0 Å². The Morgan fingerprint density at radius 1 is 1.78 bits per heavy atom. The average Bonchev–Trinajstić information content (AvgIpc) is 1.85. The van der Waals surface area contributed by atoms with Crippen LogP contribution in [-0.4, -0.2) is 17.9 Å². The van der Waals surface area contributed by atoms with E-state index < -0.39 is 0 Å². The van der Waals surface area contributed by atoms with Crippen molar-refractivity contribution in [3.63, 3.8) is 0 Å². The van der Waals surface area contributed by atoms with Crippen LogP contribution in [0.2, 0.25) is 0 Å². The van der Waals surface area contributed by atoms with Crippen LogP contribution in [-0.2, 0) is 9.53 Å². The highest BCUT2D eigenvalue weighted by atomic mass is 79.9. The maximum absolute atomic E-state index is 10.5. The second kappa shape index (κ2) is 6.08. The van der Waals surface area contributed by atoms with Gasteiger partial charge in [-0.2, -0.15) is 0 Å². The van der Waals surface area contributed by atoms with Crippen molar-refractivity contribution in [2.75, 3.05) is 11.9 Å². The second-order valence-electron chi connectivity index (χ2n) is 1.45. The molecule has 9 heavy (non-hydrogen) atoms. The first-order chi connectivity index (χ1) is 4.31. The zero-order chi connectivity index (χ0) is 7.11. The molecule has 1 radical (unpaired) electrons. The molecule has 3 heteroatoms. The Morgan fingerprint density at radius 2 is 2.44 bits per heavy atom. The molecule has 0 aliphatic rings. The third-order valence-electron chi connectivity index (χ3n) is 0.725. The van der Waals surface area contributed by atoms with Crippen LogP contribution in [0.15, 0.2) is 0 Å². The summed E-state index contributed by atoms with van der Waals surface area (Å²) >= 11 is 3.17. The van der Waals surface area contributed by atoms with Gasteiger partial charge in [0.25, 0.3) is 0 Å². The van der Waals surface area contributed by atoms with E-state index >= 15 is 0 Å². The first-order valence-corrected chi connectivity index (χ1v) is 3.96. The van der Waals surface area contributed by atoms with E-state index in [0.29, 0.717) is 13.0 Å². The molecule has 53 valence electrons. The molecule has 0 aromatic rings. The zero-order valence-electron chi connectivity index (χ0n) is 5.39. The minimum absolute atomic E-state index is 0.156. The summed E-state index contributed by atoms with van der Waals surface area (Å²) in [6.45, 7) is 2.26. The summed E-state index contributed by atoms with van der Waals surface area (Å²) in [4.78, 5) is 10.5. The Morgan fingerprint density at radius 3 is 2.89 bits per heavy atom. The van der Waals surface area contributed by atoms with Crippen molar-refractivity contribution in [2.24, 2.45) is 0 Å². The van der Waals surface area contributed by atoms with Gasteiger partial charge in [-0.1, -0.05) is 15.9 Å². The van der Waals surface area contributed by atoms with Crippen molar-refractivity contribution in [1.29, 1.82) is 0 Å². The Balaban J connectivity index is 3.06. The van der Waals surface area contributed by atoms with Crippen LogP contribution in [0.5, 0.6) is 0 Å². The van der Waals surface area contributed by atoms with Crippen LogP contribution >= 0.6 is 15.9 Å². The van der Waals surface area contributed by atoms with Crippen molar-refractivity contribution in [3.8, 4) is 0 Å². The van der Waals surface area contributed by atoms with E-state index in [2.05, 4.69) is 20.7 Å². The fraction of sp³-hybridized carbons (Fsp3) is 0.667. The van der Waals surface area contributed by atoms with Gasteiger partial charge >= 0.3 is 5.97 Å². The van der Waals surface area contributed by atoms with E-state index in [1.54, 1.807) is 6.92 Å². The van der Waals surface area contributed by atoms with Gasteiger partial charge in [-0.05, 0) is 13.3 Å². The largest absolute Gasteiger partial charge is 0.466 e. The molecule has 0 spiro atoms. The van der Waals surface area contributed by atoms with Gasteiger partial charge in [-0.3, -0.25) is 4.79 Å². The number of rotatable bonds is 4. The summed E-state index contributed by atoms with van der Waals surface area (Å²) in [5.41, 5.74) is 0. The minimum Gasteiger partial charge on any atom is -0.466 e. The lowest BCUT2D eigenvalue weighted by molar-refractivity contribution is -0.142. The lowest BCUT2D eigenvalue weighted by Gasteiger charge is -1.97. The molecule has 0 aromatic carbocycles. The second-order valence-corrected chi connectivity index (χ2v) is 2.10. The lowest BCUT2D eigenvalue weighted by atomic mass is 10.3. The first kappa shape index (κ1) is 8.95. The number of hydrogen-bond donors (Lipinski definition) is 0. The summed E-state index contributed by atoms with van der Waals surface area (Å²) in [6.07, 6.45) is 2.22. The molecule has 0 atom stereocenters. The zero-order valence-corrected chi connectivity index (χ0v) is 6.98. The topological polar surface area (TPSA) is 26.3 Å². The number of carbonyl (C=O) groups is 1. The van der Waals surface area contributed by atoms with E-state index in [9.17, 15) is 4.79 Å². The minimum atomic E-state index is -0.156. The van der Waals surface area contributed by atoms with E-state index in [1.165, 1.54) is 0 Å². The van der Waals surface area contributed by atoms with Crippen LogP contribution in [0.3, 0.4) is 0 Å². The number of halogens is 1. The molecular weight excluding hydrogens is 184 g/mol. The highest BCUT2D eigenvalue weighted by Gasteiger charge is 1.98. The molecule has 0 amide bonds. The van der Waals surface area contributed by atoms with E-state index in [-0.39, 0.29) is 5.97 Å². The van der Waals surface area contributed by atoms with Crippen molar-refractivity contribution in [1.82, 2.24) is 0 Å². The molecule has 0 heterocycles. The van der Waals surface area contributed by atoms with E-state index in [0.717, 1.165) is 5.33 Å². The number of esters is 1. The lowest BCUT2D eigenvalue weighted by Crippen LogP contribution is -2.03. The summed E-state index contributed by atoms with van der Waals surface area (Å²) in [7, 11) is 0. The van der Waals surface area contributed by atoms with Crippen LogP contribution in [0.1, 0.15) is 13.3 Å². The van der Waals surface area contributed by atoms with Crippen LogP contribution in [0.4, 0.5) is 0 Å². The van der Waals surface area contributed by atoms with E-state index in [1.807, 2.05) is 6.42 Å². The first-order valence-electron chi connectivity index (χ1n) is 2.84. The normalized spacial score (nSPS) is 9.11. The third kappa shape index (κ3) is 5.83. The Kier molecular flexibility index (Phi) is 6.04. The van der Waals surface area contributed by atoms with Gasteiger partial charge in [-0.25, -0.2) is 0 Å². The third-order valence-corrected chi connectivity index (χ3v) is 1.18. The fourth-order valence-corrected chi connectivity index (χ4v) is 0.621. The van der Waals surface area contributed by atoms with Gasteiger partial charge in [0.05, 0.1) is 6.61 Å². The van der Waals surface area contributed by atoms with Gasteiger partial charge in [0.2, 0.25) is 0 Å². The Bertz CT molecular complexity index is 83.1. The molecule has 0 unspecified atom stereocenters. The molecule has 0 saturated heterocycles. The molecule has 0 fully saturated rings. The maximum atomic E-state index is 10.5. The Labute approximate surface area is 63.7 Å². The van der Waals surface area contributed by atoms with Crippen LogP contribution in [0, 0.1) is 6.42 Å². The van der Waals surface area contributed by atoms with Crippen molar-refractivity contribution in [2.45, 2.75) is 13.3 Å². The molecule has 0 saturated carbocycles. The number of ether oxygens (including phenoxy) is 1. The van der Waals surface area contributed by atoms with Crippen molar-refractivity contribution < 1.29 is 9.53 Å². The molecule has 2 nitrogen and oxygen atoms in total. The highest BCUT2D eigenvalue weighted by Crippen LogP contribution is 1.94. The predicted molar refractivity (Wildman–Crippen MR) is 39.3 cm³/mol. The smallest absolute Gasteiger partial charge is 0.306 e. The van der Waals surface area contributed by atoms with Gasteiger partial charge in [-0.15, -0.1) is 0 Å². The van der Waals surface area contributed by atoms with E-state index in [4.69, 9.17) is 0 Å². The fourth-order valence-electron chi connectivity index (χ4n) is 0.392. The summed E-state index contributed by atoms with van der Waals surface area (Å²) in [5.74, 6) is -0.156. The van der Waals surface area contributed by atoms with Crippen molar-refractivity contribution >= 4 is 21.9 Å². The van der Waals surface area contributed by atoms with Gasteiger partial charge < -0.3 is 4.74 Å². The summed E-state index contributed by atoms with van der Waals surface area (Å²) < 4.78 is 4.65. The molecular formula is C6H10BrO2. The molecule has 0 N–H and O–H groups in total. The van der Waals surface area contributed by atoms with Crippen LogP contribution < -0.4 is 0 Å². The van der Waals surface area contributed by atoms with Crippen molar-refractivity contribution in [3.05, 3.63) is 6.42 Å². The molecule has 0 bridgehead atoms. The standard InChI is InChI=1S/C6H10BrO2/c1-2-9-6(8)4-3-5-7/h3H,2,4-5H2,1H3. The Hall–Kier alpha value is -0.0500. The highest BCUT2D eigenvalue weighted by molar-refractivity contribution is 9.09. The number of carbonyl (C=O) groups excluding carboxylic acids is 1. The quantitative estimate of drug-likeness (QED) is 0.501. The number of alkyl halides is 1. The summed E-state index contributed by atoms with van der Waals surface area (Å²) in [6, 6.07) is 0. The molecule has 0 aliphatic heterocycles. The monoisotopic (exact) mass is 193 g/mol. The maximum Gasteiger partial charge on any atom is 0.306 e. The van der Waals surface area contributed by atoms with Gasteiger partial charge in [0.15, 0.2) is 0 Å². The SMILES string of the molecule is CCOC(=O)C[CH]CBr.